The number of nitrogens with one attached hydrogen (secondary N) is 2. The number of guanidine groups is 1. The molecule has 0 amide bonds. The molecule has 2 heterocycles. The van der Waals surface area contributed by atoms with E-state index in [2.05, 4.69) is 50.5 Å². The Labute approximate surface area is 167 Å². The van der Waals surface area contributed by atoms with Crippen LogP contribution < -0.4 is 15.5 Å². The van der Waals surface area contributed by atoms with Gasteiger partial charge in [-0.1, -0.05) is 6.07 Å². The van der Waals surface area contributed by atoms with Crippen LogP contribution in [-0.2, 0) is 19.2 Å². The fourth-order valence-corrected chi connectivity index (χ4v) is 2.81. The van der Waals surface area contributed by atoms with Crippen LogP contribution in [0.1, 0.15) is 38.8 Å². The van der Waals surface area contributed by atoms with Gasteiger partial charge in [0, 0.05) is 44.6 Å². The van der Waals surface area contributed by atoms with Crippen LogP contribution in [0.15, 0.2) is 35.7 Å². The molecule has 0 aromatic carbocycles. The van der Waals surface area contributed by atoms with Gasteiger partial charge in [-0.3, -0.25) is 4.68 Å². The maximum atomic E-state index is 10.7. The number of pyridine rings is 1. The van der Waals surface area contributed by atoms with Crippen molar-refractivity contribution < 1.29 is 5.11 Å². The van der Waals surface area contributed by atoms with Crippen molar-refractivity contribution in [2.45, 2.75) is 39.8 Å². The van der Waals surface area contributed by atoms with Crippen molar-refractivity contribution in [2.75, 3.05) is 31.1 Å². The molecule has 8 heteroatoms. The Bertz CT molecular complexity index is 748. The van der Waals surface area contributed by atoms with E-state index in [1.54, 1.807) is 17.8 Å². The van der Waals surface area contributed by atoms with Gasteiger partial charge in [-0.2, -0.15) is 5.10 Å². The normalized spacial score (nSPS) is 13.9. The highest BCUT2D eigenvalue weighted by Crippen LogP contribution is 2.18. The van der Waals surface area contributed by atoms with E-state index in [-0.39, 0.29) is 0 Å². The molecule has 0 saturated heterocycles. The van der Waals surface area contributed by atoms with Crippen LogP contribution in [0.25, 0.3) is 0 Å². The maximum Gasteiger partial charge on any atom is 0.191 e. The number of aliphatic imine (C=N–C) groups is 1. The van der Waals surface area contributed by atoms with E-state index in [9.17, 15) is 5.11 Å². The molecule has 2 aromatic heterocycles. The first-order valence-electron chi connectivity index (χ1n) is 9.83. The second-order valence-electron chi connectivity index (χ2n) is 6.92. The molecule has 3 N–H and O–H groups in total. The smallest absolute Gasteiger partial charge is 0.191 e. The van der Waals surface area contributed by atoms with Gasteiger partial charge in [-0.05, 0) is 39.3 Å². The van der Waals surface area contributed by atoms with E-state index in [1.165, 1.54) is 0 Å². The quantitative estimate of drug-likeness (QED) is 0.447. The molecule has 2 rings (SSSR count). The molecule has 2 aromatic rings. The summed E-state index contributed by atoms with van der Waals surface area (Å²) in [7, 11) is 1.83. The molecule has 0 saturated carbocycles. The summed E-state index contributed by atoms with van der Waals surface area (Å²) in [6.45, 7) is 11.5. The van der Waals surface area contributed by atoms with Gasteiger partial charge in [0.25, 0.3) is 0 Å². The molecule has 0 spiro atoms. The summed E-state index contributed by atoms with van der Waals surface area (Å²) >= 11 is 0. The number of nitrogens with zero attached hydrogens (tertiary/aromatic N) is 5. The molecular weight excluding hydrogens is 354 g/mol. The minimum absolute atomic E-state index is 0.323. The number of aryl methyl sites for hydroxylation is 1. The van der Waals surface area contributed by atoms with Crippen LogP contribution in [-0.4, -0.2) is 52.0 Å². The predicted molar refractivity (Wildman–Crippen MR) is 113 cm³/mol. The Balaban J connectivity index is 2.00. The number of aliphatic hydroxyl groups is 1. The Morgan fingerprint density at radius 1 is 1.21 bits per heavy atom. The molecule has 0 bridgehead atoms. The van der Waals surface area contributed by atoms with Crippen molar-refractivity contribution >= 4 is 11.8 Å². The fourth-order valence-electron chi connectivity index (χ4n) is 2.81. The molecule has 0 radical (unpaired) electrons. The topological polar surface area (TPSA) is 90.6 Å². The maximum absolute atomic E-state index is 10.7. The first-order valence-corrected chi connectivity index (χ1v) is 9.83. The lowest BCUT2D eigenvalue weighted by molar-refractivity contribution is 0.0616. The zero-order valence-corrected chi connectivity index (χ0v) is 17.6. The summed E-state index contributed by atoms with van der Waals surface area (Å²) in [4.78, 5) is 11.4. The number of hydrogen-bond donors (Lipinski definition) is 3. The number of rotatable bonds is 9. The Kier molecular flexibility index (Phi) is 7.80. The lowest BCUT2D eigenvalue weighted by Crippen LogP contribution is -2.44. The SMILES string of the molecule is CCNC(=NCc1ccc(N(CC)CC)nc1)NCC(C)(O)c1cnn(C)c1. The molecule has 154 valence electrons. The van der Waals surface area contributed by atoms with Crippen LogP contribution >= 0.6 is 0 Å². The van der Waals surface area contributed by atoms with Gasteiger partial charge >= 0.3 is 0 Å². The zero-order valence-electron chi connectivity index (χ0n) is 17.6. The molecule has 1 unspecified atom stereocenters. The third-order valence-electron chi connectivity index (χ3n) is 4.59. The second-order valence-corrected chi connectivity index (χ2v) is 6.92. The van der Waals surface area contributed by atoms with Crippen LogP contribution in [0.4, 0.5) is 5.82 Å². The summed E-state index contributed by atoms with van der Waals surface area (Å²) in [5.41, 5.74) is 0.749. The molecule has 8 nitrogen and oxygen atoms in total. The van der Waals surface area contributed by atoms with Crippen LogP contribution in [0.2, 0.25) is 0 Å². The second kappa shape index (κ2) is 10.1. The van der Waals surface area contributed by atoms with E-state index >= 15 is 0 Å². The van der Waals surface area contributed by atoms with E-state index in [4.69, 9.17) is 0 Å². The lowest BCUT2D eigenvalue weighted by Gasteiger charge is -2.23. The summed E-state index contributed by atoms with van der Waals surface area (Å²) in [6.07, 6.45) is 5.36. The Hall–Kier alpha value is -2.61. The molecule has 0 aliphatic rings. The van der Waals surface area contributed by atoms with Crippen molar-refractivity contribution in [1.29, 1.82) is 0 Å². The van der Waals surface area contributed by atoms with Crippen molar-refractivity contribution in [1.82, 2.24) is 25.4 Å². The van der Waals surface area contributed by atoms with Crippen molar-refractivity contribution in [3.8, 4) is 0 Å². The number of hydrogen-bond acceptors (Lipinski definition) is 5. The molecule has 0 fully saturated rings. The van der Waals surface area contributed by atoms with Gasteiger partial charge in [-0.15, -0.1) is 0 Å². The highest BCUT2D eigenvalue weighted by molar-refractivity contribution is 5.79. The van der Waals surface area contributed by atoms with Gasteiger partial charge in [0.05, 0.1) is 19.3 Å². The van der Waals surface area contributed by atoms with Crippen LogP contribution in [0.5, 0.6) is 0 Å². The van der Waals surface area contributed by atoms with Gasteiger partial charge in [0.1, 0.15) is 11.4 Å². The van der Waals surface area contributed by atoms with Crippen molar-refractivity contribution in [2.24, 2.45) is 12.0 Å². The summed E-state index contributed by atoms with van der Waals surface area (Å²) in [5.74, 6) is 1.63. The molecular formula is C20H33N7O. The fraction of sp³-hybridized carbons (Fsp3) is 0.550. The first kappa shape index (κ1) is 21.7. The highest BCUT2D eigenvalue weighted by Gasteiger charge is 2.24. The summed E-state index contributed by atoms with van der Waals surface area (Å²) in [5, 5.41) is 21.3. The Morgan fingerprint density at radius 3 is 2.50 bits per heavy atom. The lowest BCUT2D eigenvalue weighted by atomic mass is 10.00. The predicted octanol–water partition coefficient (Wildman–Crippen LogP) is 1.62. The molecule has 1 atom stereocenters. The molecule has 0 aliphatic carbocycles. The minimum Gasteiger partial charge on any atom is -0.383 e. The van der Waals surface area contributed by atoms with Gasteiger partial charge < -0.3 is 20.6 Å². The molecule has 28 heavy (non-hydrogen) atoms. The average molecular weight is 388 g/mol. The first-order chi connectivity index (χ1) is 13.4. The van der Waals surface area contributed by atoms with Crippen molar-refractivity contribution in [3.05, 3.63) is 41.9 Å². The van der Waals surface area contributed by atoms with Gasteiger partial charge in [-0.25, -0.2) is 9.98 Å². The van der Waals surface area contributed by atoms with Gasteiger partial charge in [0.15, 0.2) is 5.96 Å². The minimum atomic E-state index is -1.04. The standard InChI is InChI=1S/C20H33N7O/c1-6-21-19(24-15-20(4,28)17-13-25-26(5)14-17)23-12-16-9-10-18(22-11-16)27(7-2)8-3/h9-11,13-14,28H,6-8,12,15H2,1-5H3,(H2,21,23,24). The average Bonchev–Trinajstić information content (AvgIpc) is 3.13. The number of aromatic nitrogens is 3. The van der Waals surface area contributed by atoms with E-state index in [0.717, 1.165) is 36.6 Å². The zero-order chi connectivity index (χ0) is 20.6. The number of anilines is 1. The molecule has 0 aliphatic heterocycles. The van der Waals surface area contributed by atoms with Crippen molar-refractivity contribution in [3.63, 3.8) is 0 Å². The van der Waals surface area contributed by atoms with E-state index in [1.807, 2.05) is 32.4 Å². The third-order valence-corrected chi connectivity index (χ3v) is 4.59. The summed E-state index contributed by atoms with van der Waals surface area (Å²) in [6, 6.07) is 4.09. The monoisotopic (exact) mass is 387 g/mol. The van der Waals surface area contributed by atoms with Crippen LogP contribution in [0.3, 0.4) is 0 Å². The summed E-state index contributed by atoms with van der Waals surface area (Å²) < 4.78 is 1.68. The largest absolute Gasteiger partial charge is 0.383 e. The third kappa shape index (κ3) is 5.95. The van der Waals surface area contributed by atoms with Gasteiger partial charge in [0.2, 0.25) is 0 Å². The van der Waals surface area contributed by atoms with Crippen LogP contribution in [0, 0.1) is 0 Å². The van der Waals surface area contributed by atoms with E-state index < -0.39 is 5.60 Å². The van der Waals surface area contributed by atoms with E-state index in [0.29, 0.717) is 19.0 Å². The Morgan fingerprint density at radius 2 is 1.96 bits per heavy atom. The highest BCUT2D eigenvalue weighted by atomic mass is 16.3.